The van der Waals surface area contributed by atoms with E-state index in [9.17, 15) is 24.5 Å². The van der Waals surface area contributed by atoms with E-state index in [4.69, 9.17) is 14.2 Å². The van der Waals surface area contributed by atoms with Crippen molar-refractivity contribution in [3.8, 4) is 11.5 Å². The van der Waals surface area contributed by atoms with E-state index in [-0.39, 0.29) is 23.8 Å². The number of non-ortho nitro benzene ring substituents is 1. The first-order valence-electron chi connectivity index (χ1n) is 10.9. The fourth-order valence-electron chi connectivity index (χ4n) is 3.32. The molecular formula is C24H23IN2O8S. The summed E-state index contributed by atoms with van der Waals surface area (Å²) >= 11 is 2.81. The molecule has 2 aromatic carbocycles. The van der Waals surface area contributed by atoms with E-state index < -0.39 is 28.1 Å². The fraction of sp³-hybridized carbons (Fsp3) is 0.292. The van der Waals surface area contributed by atoms with E-state index in [1.165, 1.54) is 19.1 Å². The summed E-state index contributed by atoms with van der Waals surface area (Å²) < 4.78 is 17.3. The number of hydrogen-bond donors (Lipinski definition) is 0. The molecular weight excluding hydrogens is 603 g/mol. The van der Waals surface area contributed by atoms with Crippen molar-refractivity contribution in [1.29, 1.82) is 0 Å². The number of amides is 2. The Kier molecular flexibility index (Phi) is 9.31. The summed E-state index contributed by atoms with van der Waals surface area (Å²) in [5.74, 6) is -0.366. The van der Waals surface area contributed by atoms with Crippen LogP contribution in [0.15, 0.2) is 41.3 Å². The number of esters is 1. The number of benzene rings is 2. The van der Waals surface area contributed by atoms with Crippen LogP contribution in [-0.2, 0) is 20.9 Å². The van der Waals surface area contributed by atoms with Crippen molar-refractivity contribution in [2.75, 3.05) is 13.2 Å². The van der Waals surface area contributed by atoms with Crippen LogP contribution >= 0.6 is 34.4 Å². The SMILES string of the molecule is CCOC(=O)[C@H](C)N1C(=O)S/C(=C/c2cc(I)c(OCc3cccc([N+](=O)[O-])c3)c(OCC)c2)C1=O. The molecule has 1 saturated heterocycles. The molecule has 0 N–H and O–H groups in total. The second kappa shape index (κ2) is 12.2. The summed E-state index contributed by atoms with van der Waals surface area (Å²) in [4.78, 5) is 49.0. The van der Waals surface area contributed by atoms with Gasteiger partial charge in [-0.15, -0.1) is 0 Å². The molecule has 0 aliphatic carbocycles. The number of ether oxygens (including phenoxy) is 3. The molecule has 2 aromatic rings. The maximum Gasteiger partial charge on any atom is 0.329 e. The predicted octanol–water partition coefficient (Wildman–Crippen LogP) is 5.17. The number of nitro groups is 1. The molecule has 3 rings (SSSR count). The number of imide groups is 1. The molecule has 1 aliphatic heterocycles. The largest absolute Gasteiger partial charge is 0.490 e. The summed E-state index contributed by atoms with van der Waals surface area (Å²) in [5, 5.41) is 10.5. The third-order valence-electron chi connectivity index (χ3n) is 4.97. The minimum atomic E-state index is -1.04. The summed E-state index contributed by atoms with van der Waals surface area (Å²) in [7, 11) is 0. The Morgan fingerprint density at radius 1 is 1.19 bits per heavy atom. The van der Waals surface area contributed by atoms with Crippen LogP contribution in [0.2, 0.25) is 0 Å². The number of halogens is 1. The quantitative estimate of drug-likeness (QED) is 0.116. The number of carbonyl (C=O) groups excluding carboxylic acids is 3. The minimum absolute atomic E-state index is 0.0302. The van der Waals surface area contributed by atoms with Gasteiger partial charge in [-0.05, 0) is 84.5 Å². The Bertz CT molecular complexity index is 1230. The molecule has 0 spiro atoms. The van der Waals surface area contributed by atoms with E-state index in [0.717, 1.165) is 16.7 Å². The maximum absolute atomic E-state index is 12.9. The van der Waals surface area contributed by atoms with Gasteiger partial charge in [-0.2, -0.15) is 0 Å². The Balaban J connectivity index is 1.85. The van der Waals surface area contributed by atoms with Gasteiger partial charge in [0.15, 0.2) is 11.5 Å². The average Bonchev–Trinajstić information content (AvgIpc) is 3.11. The smallest absolute Gasteiger partial charge is 0.329 e. The molecule has 1 atom stereocenters. The molecule has 0 aromatic heterocycles. The van der Waals surface area contributed by atoms with E-state index >= 15 is 0 Å². The van der Waals surface area contributed by atoms with Gasteiger partial charge < -0.3 is 14.2 Å². The third kappa shape index (κ3) is 6.35. The fourth-order valence-corrected chi connectivity index (χ4v) is 5.01. The summed E-state index contributed by atoms with van der Waals surface area (Å²) in [5.41, 5.74) is 1.19. The van der Waals surface area contributed by atoms with Crippen LogP contribution in [0, 0.1) is 13.7 Å². The van der Waals surface area contributed by atoms with Gasteiger partial charge in [-0.3, -0.25) is 24.6 Å². The number of thioether (sulfide) groups is 1. The monoisotopic (exact) mass is 626 g/mol. The Labute approximate surface area is 225 Å². The van der Waals surface area contributed by atoms with Crippen molar-refractivity contribution < 1.29 is 33.5 Å². The predicted molar refractivity (Wildman–Crippen MR) is 142 cm³/mol. The van der Waals surface area contributed by atoms with Crippen LogP contribution in [0.3, 0.4) is 0 Å². The van der Waals surface area contributed by atoms with Crippen molar-refractivity contribution in [2.24, 2.45) is 0 Å². The lowest BCUT2D eigenvalue weighted by Crippen LogP contribution is -2.42. The maximum atomic E-state index is 12.9. The Hall–Kier alpha value is -3.13. The zero-order chi connectivity index (χ0) is 26.4. The van der Waals surface area contributed by atoms with Crippen molar-refractivity contribution in [2.45, 2.75) is 33.4 Å². The van der Waals surface area contributed by atoms with E-state index in [1.54, 1.807) is 37.3 Å². The first kappa shape index (κ1) is 27.5. The second-order valence-electron chi connectivity index (χ2n) is 7.46. The molecule has 0 radical (unpaired) electrons. The molecule has 10 nitrogen and oxygen atoms in total. The molecule has 1 fully saturated rings. The normalized spacial score (nSPS) is 15.2. The lowest BCUT2D eigenvalue weighted by Gasteiger charge is -2.19. The molecule has 2 amide bonds. The number of nitro benzene ring substituents is 1. The van der Waals surface area contributed by atoms with Crippen LogP contribution < -0.4 is 9.47 Å². The Morgan fingerprint density at radius 3 is 2.61 bits per heavy atom. The van der Waals surface area contributed by atoms with Gasteiger partial charge >= 0.3 is 5.97 Å². The molecule has 12 heteroatoms. The van der Waals surface area contributed by atoms with Crippen molar-refractivity contribution >= 4 is 63.2 Å². The minimum Gasteiger partial charge on any atom is -0.490 e. The molecule has 0 bridgehead atoms. The van der Waals surface area contributed by atoms with Gasteiger partial charge in [-0.25, -0.2) is 4.79 Å². The van der Waals surface area contributed by atoms with Crippen LogP contribution in [0.1, 0.15) is 31.9 Å². The van der Waals surface area contributed by atoms with Crippen LogP contribution in [0.5, 0.6) is 11.5 Å². The van der Waals surface area contributed by atoms with Gasteiger partial charge in [0, 0.05) is 12.1 Å². The molecule has 0 saturated carbocycles. The lowest BCUT2D eigenvalue weighted by molar-refractivity contribution is -0.384. The van der Waals surface area contributed by atoms with Gasteiger partial charge in [0.2, 0.25) is 0 Å². The zero-order valence-electron chi connectivity index (χ0n) is 19.7. The van der Waals surface area contributed by atoms with Gasteiger partial charge in [-0.1, -0.05) is 12.1 Å². The van der Waals surface area contributed by atoms with Gasteiger partial charge in [0.05, 0.1) is 26.6 Å². The average molecular weight is 626 g/mol. The lowest BCUT2D eigenvalue weighted by atomic mass is 10.1. The van der Waals surface area contributed by atoms with Crippen LogP contribution in [0.25, 0.3) is 6.08 Å². The van der Waals surface area contributed by atoms with E-state index in [1.807, 2.05) is 6.92 Å². The first-order valence-corrected chi connectivity index (χ1v) is 12.8. The number of hydrogen-bond acceptors (Lipinski definition) is 9. The van der Waals surface area contributed by atoms with E-state index in [2.05, 4.69) is 22.6 Å². The zero-order valence-corrected chi connectivity index (χ0v) is 22.7. The highest BCUT2D eigenvalue weighted by Crippen LogP contribution is 2.38. The highest BCUT2D eigenvalue weighted by molar-refractivity contribution is 14.1. The Morgan fingerprint density at radius 2 is 1.94 bits per heavy atom. The van der Waals surface area contributed by atoms with E-state index in [0.29, 0.717) is 32.8 Å². The molecule has 36 heavy (non-hydrogen) atoms. The highest BCUT2D eigenvalue weighted by atomic mass is 127. The summed E-state index contributed by atoms with van der Waals surface area (Å²) in [6, 6.07) is 8.56. The number of rotatable bonds is 10. The summed E-state index contributed by atoms with van der Waals surface area (Å²) in [6.07, 6.45) is 1.55. The standard InChI is InChI=1S/C24H23IN2O8S/c1-4-33-19-11-16(12-20-22(28)26(24(30)36-20)14(3)23(29)34-5-2)10-18(25)21(19)35-13-15-7-6-8-17(9-15)27(31)32/h6-12,14H,4-5,13H2,1-3H3/b20-12+/t14-/m0/s1. The molecule has 1 aliphatic rings. The number of carbonyl (C=O) groups is 3. The van der Waals surface area contributed by atoms with Crippen molar-refractivity contribution in [3.05, 3.63) is 66.1 Å². The van der Waals surface area contributed by atoms with Gasteiger partial charge in [0.1, 0.15) is 12.6 Å². The highest BCUT2D eigenvalue weighted by Gasteiger charge is 2.41. The molecule has 190 valence electrons. The summed E-state index contributed by atoms with van der Waals surface area (Å²) in [6.45, 7) is 5.48. The second-order valence-corrected chi connectivity index (χ2v) is 9.61. The topological polar surface area (TPSA) is 125 Å². The third-order valence-corrected chi connectivity index (χ3v) is 6.66. The van der Waals surface area contributed by atoms with Crippen molar-refractivity contribution in [3.63, 3.8) is 0 Å². The van der Waals surface area contributed by atoms with Gasteiger partial charge in [0.25, 0.3) is 16.8 Å². The van der Waals surface area contributed by atoms with Crippen molar-refractivity contribution in [1.82, 2.24) is 4.90 Å². The number of nitrogens with zero attached hydrogens (tertiary/aromatic N) is 2. The van der Waals surface area contributed by atoms with Crippen LogP contribution in [-0.4, -0.2) is 46.2 Å². The van der Waals surface area contributed by atoms with Crippen LogP contribution in [0.4, 0.5) is 10.5 Å². The molecule has 0 unspecified atom stereocenters. The first-order chi connectivity index (χ1) is 17.2. The molecule has 1 heterocycles.